The Balaban J connectivity index is 2.36. The van der Waals surface area contributed by atoms with Crippen LogP contribution >= 0.6 is 0 Å². The Bertz CT molecular complexity index is 358. The standard InChI is InChI=1S/C11H17N3O3/c1-12-10-9(4-3-5-13-10)8-14-11(15)17-7-6-16-2/h3-5H,6-8H2,1-2H3,(H,12,13)(H,14,15). The Morgan fingerprint density at radius 2 is 2.29 bits per heavy atom. The fourth-order valence-electron chi connectivity index (χ4n) is 1.24. The molecule has 0 saturated carbocycles. The number of nitrogens with one attached hydrogen (secondary N) is 2. The minimum Gasteiger partial charge on any atom is -0.447 e. The number of nitrogens with zero attached hydrogens (tertiary/aromatic N) is 1. The predicted octanol–water partition coefficient (Wildman–Crippen LogP) is 0.996. The van der Waals surface area contributed by atoms with Crippen LogP contribution in [0.15, 0.2) is 18.3 Å². The van der Waals surface area contributed by atoms with E-state index in [0.717, 1.165) is 11.4 Å². The highest BCUT2D eigenvalue weighted by molar-refractivity contribution is 5.67. The lowest BCUT2D eigenvalue weighted by atomic mass is 10.2. The van der Waals surface area contributed by atoms with Crippen LogP contribution in [0.4, 0.5) is 10.6 Å². The number of rotatable bonds is 6. The molecule has 1 aromatic rings. The van der Waals surface area contributed by atoms with Crippen LogP contribution in [0.5, 0.6) is 0 Å². The van der Waals surface area contributed by atoms with E-state index in [9.17, 15) is 4.79 Å². The zero-order valence-electron chi connectivity index (χ0n) is 10.0. The van der Waals surface area contributed by atoms with Crippen molar-refractivity contribution in [3.8, 4) is 0 Å². The molecule has 94 valence electrons. The molecule has 0 aromatic carbocycles. The average molecular weight is 239 g/mol. The normalized spacial score (nSPS) is 9.76. The summed E-state index contributed by atoms with van der Waals surface area (Å²) in [7, 11) is 3.33. The first-order valence-electron chi connectivity index (χ1n) is 5.29. The number of carbonyl (C=O) groups excluding carboxylic acids is 1. The first-order valence-corrected chi connectivity index (χ1v) is 5.29. The molecule has 1 heterocycles. The van der Waals surface area contributed by atoms with Gasteiger partial charge in [-0.3, -0.25) is 0 Å². The number of aromatic nitrogens is 1. The Hall–Kier alpha value is -1.82. The first-order chi connectivity index (χ1) is 8.27. The summed E-state index contributed by atoms with van der Waals surface area (Å²) in [6.07, 6.45) is 1.22. The number of ether oxygens (including phenoxy) is 2. The summed E-state index contributed by atoms with van der Waals surface area (Å²) in [6, 6.07) is 3.70. The number of pyridine rings is 1. The average Bonchev–Trinajstić information content (AvgIpc) is 2.37. The second-order valence-corrected chi connectivity index (χ2v) is 3.24. The lowest BCUT2D eigenvalue weighted by Crippen LogP contribution is -2.25. The van der Waals surface area contributed by atoms with Gasteiger partial charge in [-0.15, -0.1) is 0 Å². The number of carbonyl (C=O) groups is 1. The molecule has 0 unspecified atom stereocenters. The Morgan fingerprint density at radius 1 is 1.47 bits per heavy atom. The topological polar surface area (TPSA) is 72.5 Å². The van der Waals surface area contributed by atoms with Gasteiger partial charge in [0, 0.05) is 32.5 Å². The molecule has 1 rings (SSSR count). The minimum absolute atomic E-state index is 0.244. The molecule has 6 heteroatoms. The molecule has 0 atom stereocenters. The van der Waals surface area contributed by atoms with Crippen molar-refractivity contribution >= 4 is 11.9 Å². The summed E-state index contributed by atoms with van der Waals surface area (Å²) in [5.41, 5.74) is 0.902. The van der Waals surface area contributed by atoms with E-state index in [4.69, 9.17) is 9.47 Å². The molecule has 1 amide bonds. The predicted molar refractivity (Wildman–Crippen MR) is 63.8 cm³/mol. The van der Waals surface area contributed by atoms with Crippen molar-refractivity contribution in [2.45, 2.75) is 6.54 Å². The molecule has 0 spiro atoms. The maximum absolute atomic E-state index is 11.3. The number of anilines is 1. The highest BCUT2D eigenvalue weighted by Gasteiger charge is 2.04. The van der Waals surface area contributed by atoms with E-state index < -0.39 is 6.09 Å². The summed E-state index contributed by atoms with van der Waals surface area (Å²) in [4.78, 5) is 15.4. The molecule has 6 nitrogen and oxygen atoms in total. The van der Waals surface area contributed by atoms with Gasteiger partial charge < -0.3 is 20.1 Å². The molecule has 0 radical (unpaired) electrons. The van der Waals surface area contributed by atoms with E-state index >= 15 is 0 Å². The minimum atomic E-state index is -0.465. The van der Waals surface area contributed by atoms with Gasteiger partial charge in [-0.2, -0.15) is 0 Å². The van der Waals surface area contributed by atoms with Gasteiger partial charge in [0.05, 0.1) is 6.61 Å². The Kier molecular flexibility index (Phi) is 5.81. The maximum Gasteiger partial charge on any atom is 0.407 e. The number of alkyl carbamates (subject to hydrolysis) is 1. The summed E-state index contributed by atoms with van der Waals surface area (Å²) in [5.74, 6) is 0.740. The Labute approximate surface area is 100 Å². The summed E-state index contributed by atoms with van der Waals surface area (Å²) >= 11 is 0. The number of hydrogen-bond donors (Lipinski definition) is 2. The molecule has 0 aliphatic carbocycles. The largest absolute Gasteiger partial charge is 0.447 e. The van der Waals surface area contributed by atoms with Crippen LogP contribution in [0.1, 0.15) is 5.56 Å². The number of amides is 1. The monoisotopic (exact) mass is 239 g/mol. The van der Waals surface area contributed by atoms with Gasteiger partial charge in [-0.25, -0.2) is 9.78 Å². The summed E-state index contributed by atoms with van der Waals surface area (Å²) in [5, 5.41) is 5.58. The molecular formula is C11H17N3O3. The molecule has 0 saturated heterocycles. The van der Waals surface area contributed by atoms with E-state index in [1.54, 1.807) is 20.4 Å². The van der Waals surface area contributed by atoms with Crippen molar-refractivity contribution in [1.29, 1.82) is 0 Å². The molecule has 0 bridgehead atoms. The Morgan fingerprint density at radius 3 is 3.00 bits per heavy atom. The molecule has 0 fully saturated rings. The fraction of sp³-hybridized carbons (Fsp3) is 0.455. The molecule has 1 aromatic heterocycles. The van der Waals surface area contributed by atoms with Gasteiger partial charge in [-0.05, 0) is 6.07 Å². The van der Waals surface area contributed by atoms with E-state index in [2.05, 4.69) is 15.6 Å². The van der Waals surface area contributed by atoms with Crippen LogP contribution in [-0.2, 0) is 16.0 Å². The highest BCUT2D eigenvalue weighted by atomic mass is 16.6. The van der Waals surface area contributed by atoms with Crippen LogP contribution in [0.3, 0.4) is 0 Å². The number of methoxy groups -OCH3 is 1. The van der Waals surface area contributed by atoms with E-state index in [-0.39, 0.29) is 6.61 Å². The van der Waals surface area contributed by atoms with Gasteiger partial charge in [-0.1, -0.05) is 6.07 Å². The fourth-order valence-corrected chi connectivity index (χ4v) is 1.24. The molecule has 0 aliphatic heterocycles. The summed E-state index contributed by atoms with van der Waals surface area (Å²) < 4.78 is 9.63. The van der Waals surface area contributed by atoms with E-state index in [1.807, 2.05) is 12.1 Å². The van der Waals surface area contributed by atoms with Crippen molar-refractivity contribution in [2.24, 2.45) is 0 Å². The van der Waals surface area contributed by atoms with Gasteiger partial charge in [0.25, 0.3) is 0 Å². The third-order valence-electron chi connectivity index (χ3n) is 2.07. The third kappa shape index (κ3) is 4.69. The van der Waals surface area contributed by atoms with Crippen LogP contribution in [0.2, 0.25) is 0 Å². The lowest BCUT2D eigenvalue weighted by molar-refractivity contribution is 0.0983. The first kappa shape index (κ1) is 13.2. The van der Waals surface area contributed by atoms with Gasteiger partial charge in [0.2, 0.25) is 0 Å². The molecule has 2 N–H and O–H groups in total. The van der Waals surface area contributed by atoms with E-state index in [0.29, 0.717) is 13.2 Å². The maximum atomic E-state index is 11.3. The van der Waals surface area contributed by atoms with Crippen molar-refractivity contribution in [3.63, 3.8) is 0 Å². The van der Waals surface area contributed by atoms with Crippen molar-refractivity contribution in [1.82, 2.24) is 10.3 Å². The second-order valence-electron chi connectivity index (χ2n) is 3.24. The van der Waals surface area contributed by atoms with Crippen LogP contribution in [0.25, 0.3) is 0 Å². The summed E-state index contributed by atoms with van der Waals surface area (Å²) in [6.45, 7) is 1.01. The zero-order chi connectivity index (χ0) is 12.5. The quantitative estimate of drug-likeness (QED) is 0.724. The molecule has 0 aliphatic rings. The second kappa shape index (κ2) is 7.45. The highest BCUT2D eigenvalue weighted by Crippen LogP contribution is 2.09. The molecular weight excluding hydrogens is 222 g/mol. The van der Waals surface area contributed by atoms with Gasteiger partial charge in [0.15, 0.2) is 0 Å². The van der Waals surface area contributed by atoms with Gasteiger partial charge >= 0.3 is 6.09 Å². The van der Waals surface area contributed by atoms with Crippen molar-refractivity contribution in [2.75, 3.05) is 32.7 Å². The smallest absolute Gasteiger partial charge is 0.407 e. The number of hydrogen-bond acceptors (Lipinski definition) is 5. The molecule has 17 heavy (non-hydrogen) atoms. The van der Waals surface area contributed by atoms with Crippen molar-refractivity contribution in [3.05, 3.63) is 23.9 Å². The third-order valence-corrected chi connectivity index (χ3v) is 2.07. The lowest BCUT2D eigenvalue weighted by Gasteiger charge is -2.09. The van der Waals surface area contributed by atoms with Crippen LogP contribution in [-0.4, -0.2) is 38.4 Å². The van der Waals surface area contributed by atoms with Gasteiger partial charge in [0.1, 0.15) is 12.4 Å². The van der Waals surface area contributed by atoms with Crippen LogP contribution < -0.4 is 10.6 Å². The SMILES string of the molecule is CNc1ncccc1CNC(=O)OCCOC. The van der Waals surface area contributed by atoms with E-state index in [1.165, 1.54) is 0 Å². The van der Waals surface area contributed by atoms with Crippen LogP contribution in [0, 0.1) is 0 Å². The van der Waals surface area contributed by atoms with Crippen molar-refractivity contribution < 1.29 is 14.3 Å². The zero-order valence-corrected chi connectivity index (χ0v) is 10.0.